The Balaban J connectivity index is 4.10. The van der Waals surface area contributed by atoms with Crippen molar-refractivity contribution in [2.24, 2.45) is 0 Å². The maximum Gasteiger partial charge on any atom is 0.220 e. The van der Waals surface area contributed by atoms with Gasteiger partial charge in [-0.25, -0.2) is 0 Å². The van der Waals surface area contributed by atoms with E-state index in [1.165, 1.54) is 193 Å². The molecular weight excluding hydrogens is 572 g/mol. The molecule has 280 valence electrons. The van der Waals surface area contributed by atoms with Gasteiger partial charge in [-0.3, -0.25) is 4.79 Å². The molecule has 3 nitrogen and oxygen atoms in total. The summed E-state index contributed by atoms with van der Waals surface area (Å²) >= 11 is 0. The molecule has 0 spiro atoms. The Labute approximate surface area is 297 Å². The minimum Gasteiger partial charge on any atom is -0.356 e. The van der Waals surface area contributed by atoms with E-state index < -0.39 is 0 Å². The summed E-state index contributed by atoms with van der Waals surface area (Å²) in [5, 5.41) is 3.13. The zero-order chi connectivity index (χ0) is 34.3. The van der Waals surface area contributed by atoms with E-state index in [-0.39, 0.29) is 5.91 Å². The smallest absolute Gasteiger partial charge is 0.220 e. The Morgan fingerprint density at radius 1 is 0.447 bits per heavy atom. The van der Waals surface area contributed by atoms with Crippen molar-refractivity contribution in [1.29, 1.82) is 0 Å². The van der Waals surface area contributed by atoms with Crippen molar-refractivity contribution in [2.75, 3.05) is 27.2 Å². The van der Waals surface area contributed by atoms with Crippen molar-refractivity contribution in [3.8, 4) is 0 Å². The fraction of sp³-hybridized carbons (Fsp3) is 0.932. The van der Waals surface area contributed by atoms with E-state index in [1.54, 1.807) is 5.57 Å². The highest BCUT2D eigenvalue weighted by molar-refractivity contribution is 5.75. The summed E-state index contributed by atoms with van der Waals surface area (Å²) in [6.45, 7) is 6.53. The van der Waals surface area contributed by atoms with Crippen LogP contribution in [0.3, 0.4) is 0 Å². The van der Waals surface area contributed by atoms with Gasteiger partial charge < -0.3 is 10.2 Å². The predicted molar refractivity (Wildman–Crippen MR) is 213 cm³/mol. The van der Waals surface area contributed by atoms with Crippen LogP contribution in [0.4, 0.5) is 0 Å². The van der Waals surface area contributed by atoms with Crippen molar-refractivity contribution in [2.45, 2.75) is 239 Å². The lowest BCUT2D eigenvalue weighted by molar-refractivity contribution is -0.121. The molecule has 47 heavy (non-hydrogen) atoms. The molecule has 0 unspecified atom stereocenters. The average molecular weight is 661 g/mol. The van der Waals surface area contributed by atoms with E-state index in [4.69, 9.17) is 0 Å². The number of unbranched alkanes of at least 4 members (excludes halogenated alkanes) is 28. The highest BCUT2D eigenvalue weighted by Crippen LogP contribution is 2.21. The van der Waals surface area contributed by atoms with Crippen molar-refractivity contribution in [1.82, 2.24) is 10.2 Å². The third-order valence-electron chi connectivity index (χ3n) is 10.1. The highest BCUT2D eigenvalue weighted by atomic mass is 16.1. The number of nitrogens with zero attached hydrogens (tertiary/aromatic N) is 1. The molecule has 0 aromatic carbocycles. The van der Waals surface area contributed by atoms with Crippen LogP contribution >= 0.6 is 0 Å². The SMILES string of the molecule is CCCCCCCCCCCCCCCCC(=CCCCC(=O)NCCCCN(C)C)CCCCCCCCCCCCCCCC. The molecular formula is C44H88N2O. The number of carbonyl (C=O) groups excluding carboxylic acids is 1. The lowest BCUT2D eigenvalue weighted by atomic mass is 9.97. The van der Waals surface area contributed by atoms with E-state index in [0.717, 1.165) is 38.8 Å². The van der Waals surface area contributed by atoms with Gasteiger partial charge in [0.1, 0.15) is 0 Å². The van der Waals surface area contributed by atoms with Crippen LogP contribution in [0.15, 0.2) is 11.6 Å². The highest BCUT2D eigenvalue weighted by Gasteiger charge is 2.03. The molecule has 0 heterocycles. The molecule has 0 aromatic rings. The first-order valence-corrected chi connectivity index (χ1v) is 21.7. The van der Waals surface area contributed by atoms with Gasteiger partial charge >= 0.3 is 0 Å². The van der Waals surface area contributed by atoms with Gasteiger partial charge in [-0.2, -0.15) is 0 Å². The predicted octanol–water partition coefficient (Wildman–Crippen LogP) is 14.3. The summed E-state index contributed by atoms with van der Waals surface area (Å²) in [5.74, 6) is 0.240. The Kier molecular flexibility index (Phi) is 38.9. The summed E-state index contributed by atoms with van der Waals surface area (Å²) in [6.07, 6.45) is 50.0. The van der Waals surface area contributed by atoms with Gasteiger partial charge in [0.15, 0.2) is 0 Å². The lowest BCUT2D eigenvalue weighted by Crippen LogP contribution is -2.24. The molecule has 0 rings (SSSR count). The molecule has 0 fully saturated rings. The lowest BCUT2D eigenvalue weighted by Gasteiger charge is -2.10. The average Bonchev–Trinajstić information content (AvgIpc) is 3.06. The third kappa shape index (κ3) is 39.5. The number of allylic oxidation sites excluding steroid dienone is 2. The molecule has 3 heteroatoms. The Hall–Kier alpha value is -0.830. The standard InChI is InChI=1S/C44H88N2O/c1-5-7-9-11-13-15-17-19-21-23-25-27-29-31-37-43(39-33-34-40-44(47)45-41-35-36-42-46(3)4)38-32-30-28-26-24-22-20-18-16-14-12-10-8-6-2/h39H,5-38,40-42H2,1-4H3,(H,45,47). The van der Waals surface area contributed by atoms with Crippen molar-refractivity contribution >= 4 is 5.91 Å². The molecule has 0 bridgehead atoms. The summed E-state index contributed by atoms with van der Waals surface area (Å²) in [5.41, 5.74) is 1.69. The number of nitrogens with one attached hydrogen (secondary N) is 1. The Morgan fingerprint density at radius 3 is 1.17 bits per heavy atom. The minimum absolute atomic E-state index is 0.240. The molecule has 1 amide bonds. The number of hydrogen-bond donors (Lipinski definition) is 1. The first-order valence-electron chi connectivity index (χ1n) is 21.7. The molecule has 0 atom stereocenters. The van der Waals surface area contributed by atoms with Gasteiger partial charge in [0.05, 0.1) is 0 Å². The second-order valence-corrected chi connectivity index (χ2v) is 15.3. The fourth-order valence-electron chi connectivity index (χ4n) is 6.86. The fourth-order valence-corrected chi connectivity index (χ4v) is 6.86. The van der Waals surface area contributed by atoms with Crippen molar-refractivity contribution < 1.29 is 4.79 Å². The van der Waals surface area contributed by atoms with Crippen LogP contribution in [-0.2, 0) is 4.79 Å². The van der Waals surface area contributed by atoms with E-state index in [9.17, 15) is 4.79 Å². The molecule has 0 saturated carbocycles. The molecule has 0 aliphatic rings. The normalized spacial score (nSPS) is 11.4. The van der Waals surface area contributed by atoms with Crippen LogP contribution in [0, 0.1) is 0 Å². The van der Waals surface area contributed by atoms with Gasteiger partial charge in [-0.1, -0.05) is 192 Å². The van der Waals surface area contributed by atoms with Gasteiger partial charge in [-0.05, 0) is 72.0 Å². The molecule has 0 aliphatic carbocycles. The summed E-state index contributed by atoms with van der Waals surface area (Å²) in [6, 6.07) is 0. The number of rotatable bonds is 39. The van der Waals surface area contributed by atoms with E-state index in [1.807, 2.05) is 0 Å². The van der Waals surface area contributed by atoms with Crippen LogP contribution < -0.4 is 5.32 Å². The van der Waals surface area contributed by atoms with Crippen LogP contribution in [-0.4, -0.2) is 38.0 Å². The number of carbonyl (C=O) groups is 1. The van der Waals surface area contributed by atoms with Gasteiger partial charge in [-0.15, -0.1) is 0 Å². The molecule has 1 N–H and O–H groups in total. The van der Waals surface area contributed by atoms with E-state index >= 15 is 0 Å². The second kappa shape index (κ2) is 39.6. The maximum atomic E-state index is 12.3. The van der Waals surface area contributed by atoms with E-state index in [0.29, 0.717) is 6.42 Å². The maximum absolute atomic E-state index is 12.3. The van der Waals surface area contributed by atoms with Gasteiger partial charge in [0.25, 0.3) is 0 Å². The quantitative estimate of drug-likeness (QED) is 0.0525. The first-order chi connectivity index (χ1) is 23.1. The third-order valence-corrected chi connectivity index (χ3v) is 10.1. The zero-order valence-electron chi connectivity index (χ0n) is 33.1. The monoisotopic (exact) mass is 661 g/mol. The number of hydrogen-bond acceptors (Lipinski definition) is 2. The van der Waals surface area contributed by atoms with Crippen molar-refractivity contribution in [3.05, 3.63) is 11.6 Å². The van der Waals surface area contributed by atoms with Gasteiger partial charge in [0, 0.05) is 13.0 Å². The summed E-state index contributed by atoms with van der Waals surface area (Å²) in [7, 11) is 4.22. The van der Waals surface area contributed by atoms with Crippen LogP contribution in [0.2, 0.25) is 0 Å². The second-order valence-electron chi connectivity index (χ2n) is 15.3. The minimum atomic E-state index is 0.240. The zero-order valence-corrected chi connectivity index (χ0v) is 33.1. The van der Waals surface area contributed by atoms with Crippen molar-refractivity contribution in [3.63, 3.8) is 0 Å². The molecule has 0 aliphatic heterocycles. The van der Waals surface area contributed by atoms with Gasteiger partial charge in [0.2, 0.25) is 5.91 Å². The van der Waals surface area contributed by atoms with E-state index in [2.05, 4.69) is 44.2 Å². The summed E-state index contributed by atoms with van der Waals surface area (Å²) < 4.78 is 0. The molecule has 0 radical (unpaired) electrons. The van der Waals surface area contributed by atoms with Crippen LogP contribution in [0.5, 0.6) is 0 Å². The molecule has 0 saturated heterocycles. The molecule has 0 aromatic heterocycles. The Morgan fingerprint density at radius 2 is 0.809 bits per heavy atom. The van der Waals surface area contributed by atoms with Crippen LogP contribution in [0.1, 0.15) is 239 Å². The summed E-state index contributed by atoms with van der Waals surface area (Å²) in [4.78, 5) is 14.5. The Bertz CT molecular complexity index is 609. The first kappa shape index (κ1) is 46.2. The largest absolute Gasteiger partial charge is 0.356 e. The topological polar surface area (TPSA) is 32.3 Å². The van der Waals surface area contributed by atoms with Crippen LogP contribution in [0.25, 0.3) is 0 Å². The number of amides is 1.